The summed E-state index contributed by atoms with van der Waals surface area (Å²) in [5.74, 6) is 1.05. The van der Waals surface area contributed by atoms with Gasteiger partial charge in [0.15, 0.2) is 5.82 Å². The molecule has 4 nitrogen and oxygen atoms in total. The number of halogens is 1. The number of hydrogen-bond acceptors (Lipinski definition) is 5. The van der Waals surface area contributed by atoms with Gasteiger partial charge in [0.2, 0.25) is 10.3 Å². The molecule has 0 radical (unpaired) electrons. The summed E-state index contributed by atoms with van der Waals surface area (Å²) in [6, 6.07) is 3.64. The molecule has 0 fully saturated rings. The standard InChI is InChI=1S/C8H6ClN3OS/c1-13-7-5(3-2-4-10-7)6-11-8(9)14-12-6/h2-4H,1H3. The van der Waals surface area contributed by atoms with Crippen molar-refractivity contribution in [2.75, 3.05) is 7.11 Å². The summed E-state index contributed by atoms with van der Waals surface area (Å²) in [5, 5.41) is 0. The van der Waals surface area contributed by atoms with Crippen LogP contribution in [-0.4, -0.2) is 21.5 Å². The van der Waals surface area contributed by atoms with E-state index in [9.17, 15) is 0 Å². The first-order valence-electron chi connectivity index (χ1n) is 3.80. The fourth-order valence-corrected chi connectivity index (χ4v) is 1.65. The molecule has 6 heteroatoms. The maximum absolute atomic E-state index is 5.69. The van der Waals surface area contributed by atoms with Crippen molar-refractivity contribution in [3.8, 4) is 17.3 Å². The number of hydrogen-bond donors (Lipinski definition) is 0. The second kappa shape index (κ2) is 3.89. The van der Waals surface area contributed by atoms with Crippen LogP contribution in [0.4, 0.5) is 0 Å². The average molecular weight is 228 g/mol. The number of aromatic nitrogens is 3. The Labute approximate surface area is 89.7 Å². The molecule has 2 heterocycles. The largest absolute Gasteiger partial charge is 0.480 e. The second-order valence-corrected chi connectivity index (χ2v) is 3.77. The summed E-state index contributed by atoms with van der Waals surface area (Å²) in [6.45, 7) is 0. The van der Waals surface area contributed by atoms with E-state index in [0.29, 0.717) is 16.2 Å². The molecule has 2 rings (SSSR count). The maximum atomic E-state index is 5.69. The number of ether oxygens (including phenoxy) is 1. The van der Waals surface area contributed by atoms with Gasteiger partial charge >= 0.3 is 0 Å². The Morgan fingerprint density at radius 3 is 3.00 bits per heavy atom. The SMILES string of the molecule is COc1ncccc1-c1nsc(Cl)n1. The van der Waals surface area contributed by atoms with Crippen molar-refractivity contribution in [1.82, 2.24) is 14.3 Å². The third-order valence-electron chi connectivity index (χ3n) is 1.61. The molecule has 0 saturated heterocycles. The Morgan fingerprint density at radius 1 is 1.50 bits per heavy atom. The molecule has 0 aromatic carbocycles. The monoisotopic (exact) mass is 227 g/mol. The van der Waals surface area contributed by atoms with E-state index < -0.39 is 0 Å². The van der Waals surface area contributed by atoms with Gasteiger partial charge in [0.1, 0.15) is 0 Å². The summed E-state index contributed by atoms with van der Waals surface area (Å²) in [7, 11) is 1.56. The van der Waals surface area contributed by atoms with Crippen LogP contribution in [0.1, 0.15) is 0 Å². The van der Waals surface area contributed by atoms with E-state index in [0.717, 1.165) is 17.1 Å². The van der Waals surface area contributed by atoms with Crippen molar-refractivity contribution in [3.63, 3.8) is 0 Å². The minimum absolute atomic E-state index is 0.408. The number of nitrogens with zero attached hydrogens (tertiary/aromatic N) is 3. The number of pyridine rings is 1. The van der Waals surface area contributed by atoms with E-state index in [1.54, 1.807) is 19.4 Å². The molecule has 0 aliphatic heterocycles. The number of rotatable bonds is 2. The van der Waals surface area contributed by atoms with E-state index in [1.165, 1.54) is 0 Å². The molecule has 0 bridgehead atoms. The van der Waals surface area contributed by atoms with E-state index in [1.807, 2.05) is 6.07 Å². The Morgan fingerprint density at radius 2 is 2.36 bits per heavy atom. The third kappa shape index (κ3) is 1.69. The lowest BCUT2D eigenvalue weighted by molar-refractivity contribution is 0.399. The zero-order valence-electron chi connectivity index (χ0n) is 7.27. The predicted octanol–water partition coefficient (Wildman–Crippen LogP) is 2.26. The van der Waals surface area contributed by atoms with Crippen LogP contribution in [0, 0.1) is 0 Å². The van der Waals surface area contributed by atoms with Gasteiger partial charge in [-0.05, 0) is 35.3 Å². The van der Waals surface area contributed by atoms with Crippen LogP contribution in [0.5, 0.6) is 5.88 Å². The van der Waals surface area contributed by atoms with Crippen LogP contribution in [0.2, 0.25) is 4.47 Å². The number of methoxy groups -OCH3 is 1. The molecule has 14 heavy (non-hydrogen) atoms. The first kappa shape index (κ1) is 9.36. The molecule has 0 aliphatic rings. The lowest BCUT2D eigenvalue weighted by atomic mass is 10.2. The van der Waals surface area contributed by atoms with Crippen LogP contribution in [0.15, 0.2) is 18.3 Å². The van der Waals surface area contributed by atoms with Crippen LogP contribution >= 0.6 is 23.1 Å². The molecule has 0 unspecified atom stereocenters. The summed E-state index contributed by atoms with van der Waals surface area (Å²) in [4.78, 5) is 8.08. The molecule has 0 aliphatic carbocycles. The van der Waals surface area contributed by atoms with Gasteiger partial charge in [-0.2, -0.15) is 4.37 Å². The minimum Gasteiger partial charge on any atom is -0.480 e. The second-order valence-electron chi connectivity index (χ2n) is 2.43. The Balaban J connectivity index is 2.50. The van der Waals surface area contributed by atoms with Crippen LogP contribution in [0.25, 0.3) is 11.4 Å². The molecule has 72 valence electrons. The van der Waals surface area contributed by atoms with Crippen molar-refractivity contribution in [1.29, 1.82) is 0 Å². The Hall–Kier alpha value is -1.20. The highest BCUT2D eigenvalue weighted by Crippen LogP contribution is 2.27. The molecule has 2 aromatic heterocycles. The molecular formula is C8H6ClN3OS. The summed E-state index contributed by atoms with van der Waals surface area (Å²) < 4.78 is 9.56. The first-order valence-corrected chi connectivity index (χ1v) is 4.95. The van der Waals surface area contributed by atoms with Gasteiger partial charge in [0, 0.05) is 6.20 Å². The van der Waals surface area contributed by atoms with E-state index in [4.69, 9.17) is 16.3 Å². The van der Waals surface area contributed by atoms with Gasteiger partial charge in [-0.25, -0.2) is 9.97 Å². The highest BCUT2D eigenvalue weighted by atomic mass is 35.5. The third-order valence-corrected chi connectivity index (χ3v) is 2.40. The van der Waals surface area contributed by atoms with Gasteiger partial charge in [-0.1, -0.05) is 0 Å². The predicted molar refractivity (Wildman–Crippen MR) is 54.7 cm³/mol. The Kier molecular flexibility index (Phi) is 2.60. The van der Waals surface area contributed by atoms with Crippen molar-refractivity contribution in [2.45, 2.75) is 0 Å². The molecule has 0 atom stereocenters. The summed E-state index contributed by atoms with van der Waals surface area (Å²) in [6.07, 6.45) is 1.65. The van der Waals surface area contributed by atoms with Crippen LogP contribution in [-0.2, 0) is 0 Å². The van der Waals surface area contributed by atoms with Gasteiger partial charge in [-0.15, -0.1) is 0 Å². The maximum Gasteiger partial charge on any atom is 0.224 e. The van der Waals surface area contributed by atoms with Crippen molar-refractivity contribution < 1.29 is 4.74 Å². The normalized spacial score (nSPS) is 10.1. The molecule has 2 aromatic rings. The van der Waals surface area contributed by atoms with E-state index in [-0.39, 0.29) is 0 Å². The van der Waals surface area contributed by atoms with Gasteiger partial charge in [0.05, 0.1) is 12.7 Å². The quantitative estimate of drug-likeness (QED) is 0.790. The zero-order valence-corrected chi connectivity index (χ0v) is 8.84. The highest BCUT2D eigenvalue weighted by Gasteiger charge is 2.10. The lowest BCUT2D eigenvalue weighted by Crippen LogP contribution is -1.91. The summed E-state index contributed by atoms with van der Waals surface area (Å²) in [5.41, 5.74) is 0.748. The fourth-order valence-electron chi connectivity index (χ4n) is 1.04. The van der Waals surface area contributed by atoms with Crippen LogP contribution < -0.4 is 4.74 Å². The fraction of sp³-hybridized carbons (Fsp3) is 0.125. The average Bonchev–Trinajstić information content (AvgIpc) is 2.65. The molecule has 0 spiro atoms. The zero-order chi connectivity index (χ0) is 9.97. The smallest absolute Gasteiger partial charge is 0.224 e. The molecular weight excluding hydrogens is 222 g/mol. The van der Waals surface area contributed by atoms with Crippen molar-refractivity contribution >= 4 is 23.1 Å². The molecule has 0 N–H and O–H groups in total. The molecule has 0 amide bonds. The summed E-state index contributed by atoms with van der Waals surface area (Å²) >= 11 is 6.83. The lowest BCUT2D eigenvalue weighted by Gasteiger charge is -2.01. The van der Waals surface area contributed by atoms with E-state index >= 15 is 0 Å². The highest BCUT2D eigenvalue weighted by molar-refractivity contribution is 7.10. The van der Waals surface area contributed by atoms with Gasteiger partial charge < -0.3 is 4.74 Å². The Bertz CT molecular complexity index is 446. The first-order chi connectivity index (χ1) is 6.81. The van der Waals surface area contributed by atoms with Crippen LogP contribution in [0.3, 0.4) is 0 Å². The van der Waals surface area contributed by atoms with Crippen molar-refractivity contribution in [2.24, 2.45) is 0 Å². The topological polar surface area (TPSA) is 47.9 Å². The molecule has 0 saturated carbocycles. The van der Waals surface area contributed by atoms with Gasteiger partial charge in [0.25, 0.3) is 0 Å². The minimum atomic E-state index is 0.408. The van der Waals surface area contributed by atoms with Gasteiger partial charge in [-0.3, -0.25) is 0 Å². The van der Waals surface area contributed by atoms with E-state index in [2.05, 4.69) is 14.3 Å². The van der Waals surface area contributed by atoms with Crippen molar-refractivity contribution in [3.05, 3.63) is 22.8 Å².